The summed E-state index contributed by atoms with van der Waals surface area (Å²) < 4.78 is 0. The maximum atomic E-state index is 12.4. The third-order valence-electron chi connectivity index (χ3n) is 4.37. The van der Waals surface area contributed by atoms with Crippen LogP contribution in [0.15, 0.2) is 0 Å². The van der Waals surface area contributed by atoms with Gasteiger partial charge in [0.05, 0.1) is 0 Å². The van der Waals surface area contributed by atoms with Crippen molar-refractivity contribution in [3.63, 3.8) is 0 Å². The molecule has 20 heavy (non-hydrogen) atoms. The van der Waals surface area contributed by atoms with Gasteiger partial charge < -0.3 is 20.0 Å². The molecule has 6 heteroatoms. The monoisotopic (exact) mass is 284 g/mol. The SMILES string of the molecule is O=C(O)CCC1CCCN(C(=O)N2CCC(CO)C2)C1. The van der Waals surface area contributed by atoms with Gasteiger partial charge in [0.1, 0.15) is 0 Å². The van der Waals surface area contributed by atoms with Crippen molar-refractivity contribution in [2.75, 3.05) is 32.8 Å². The van der Waals surface area contributed by atoms with E-state index in [0.717, 1.165) is 32.4 Å². The number of nitrogens with zero attached hydrogens (tertiary/aromatic N) is 2. The van der Waals surface area contributed by atoms with Gasteiger partial charge >= 0.3 is 12.0 Å². The topological polar surface area (TPSA) is 81.1 Å². The number of carbonyl (C=O) groups is 2. The Balaban J connectivity index is 1.82. The number of amides is 2. The van der Waals surface area contributed by atoms with Gasteiger partial charge in [-0.1, -0.05) is 0 Å². The second-order valence-electron chi connectivity index (χ2n) is 5.95. The molecule has 2 aliphatic rings. The van der Waals surface area contributed by atoms with E-state index in [1.165, 1.54) is 0 Å². The molecular formula is C14H24N2O4. The largest absolute Gasteiger partial charge is 0.481 e. The quantitative estimate of drug-likeness (QED) is 0.807. The number of carboxylic acid groups (broad SMARTS) is 1. The molecule has 0 aromatic carbocycles. The highest BCUT2D eigenvalue weighted by Gasteiger charge is 2.31. The highest BCUT2D eigenvalue weighted by Crippen LogP contribution is 2.24. The molecular weight excluding hydrogens is 260 g/mol. The van der Waals surface area contributed by atoms with Gasteiger partial charge in [-0.2, -0.15) is 0 Å². The third kappa shape index (κ3) is 3.85. The molecule has 0 aromatic heterocycles. The molecule has 2 N–H and O–H groups in total. The van der Waals surface area contributed by atoms with E-state index >= 15 is 0 Å². The Morgan fingerprint density at radius 1 is 1.05 bits per heavy atom. The van der Waals surface area contributed by atoms with Crippen molar-refractivity contribution in [2.24, 2.45) is 11.8 Å². The molecule has 0 saturated carbocycles. The molecule has 2 rings (SSSR count). The zero-order valence-corrected chi connectivity index (χ0v) is 11.8. The van der Waals surface area contributed by atoms with Gasteiger partial charge in [-0.15, -0.1) is 0 Å². The van der Waals surface area contributed by atoms with Gasteiger partial charge in [0, 0.05) is 45.1 Å². The Bertz CT molecular complexity index is 361. The van der Waals surface area contributed by atoms with E-state index in [4.69, 9.17) is 10.2 Å². The Hall–Kier alpha value is -1.30. The highest BCUT2D eigenvalue weighted by molar-refractivity contribution is 5.75. The second-order valence-corrected chi connectivity index (χ2v) is 5.95. The summed E-state index contributed by atoms with van der Waals surface area (Å²) in [5.74, 6) is -0.245. The molecule has 0 radical (unpaired) electrons. The highest BCUT2D eigenvalue weighted by atomic mass is 16.4. The van der Waals surface area contributed by atoms with Crippen LogP contribution in [0.5, 0.6) is 0 Å². The summed E-state index contributed by atoms with van der Waals surface area (Å²) >= 11 is 0. The van der Waals surface area contributed by atoms with Crippen LogP contribution < -0.4 is 0 Å². The minimum absolute atomic E-state index is 0.0565. The summed E-state index contributed by atoms with van der Waals surface area (Å²) in [6.45, 7) is 2.95. The van der Waals surface area contributed by atoms with Crippen LogP contribution in [-0.2, 0) is 4.79 Å². The van der Waals surface area contributed by atoms with Gasteiger partial charge in [-0.05, 0) is 31.6 Å². The first-order chi connectivity index (χ1) is 9.60. The molecule has 2 aliphatic heterocycles. The number of carboxylic acids is 1. The Labute approximate surface area is 119 Å². The zero-order valence-electron chi connectivity index (χ0n) is 11.8. The smallest absolute Gasteiger partial charge is 0.320 e. The number of rotatable bonds is 4. The Kier molecular flexibility index (Phi) is 5.23. The molecule has 0 aliphatic carbocycles. The Morgan fingerprint density at radius 2 is 1.75 bits per heavy atom. The first-order valence-electron chi connectivity index (χ1n) is 7.46. The van der Waals surface area contributed by atoms with Crippen LogP contribution in [0.3, 0.4) is 0 Å². The van der Waals surface area contributed by atoms with Crippen molar-refractivity contribution in [1.29, 1.82) is 0 Å². The van der Waals surface area contributed by atoms with Gasteiger partial charge in [0.25, 0.3) is 0 Å². The van der Waals surface area contributed by atoms with E-state index < -0.39 is 5.97 Å². The number of aliphatic hydroxyl groups is 1. The molecule has 2 unspecified atom stereocenters. The molecule has 114 valence electrons. The number of hydrogen-bond donors (Lipinski definition) is 2. The number of aliphatic hydroxyl groups excluding tert-OH is 1. The van der Waals surface area contributed by atoms with Crippen LogP contribution in [-0.4, -0.2) is 64.8 Å². The van der Waals surface area contributed by atoms with Gasteiger partial charge in [0.2, 0.25) is 0 Å². The lowest BCUT2D eigenvalue weighted by Crippen LogP contribution is -2.47. The van der Waals surface area contributed by atoms with Crippen LogP contribution in [0.25, 0.3) is 0 Å². The average Bonchev–Trinajstić information content (AvgIpc) is 2.93. The fraction of sp³-hybridized carbons (Fsp3) is 0.857. The number of carbonyl (C=O) groups excluding carboxylic acids is 1. The number of urea groups is 1. The minimum Gasteiger partial charge on any atom is -0.481 e. The predicted molar refractivity (Wildman–Crippen MR) is 73.3 cm³/mol. The molecule has 2 fully saturated rings. The van der Waals surface area contributed by atoms with Crippen LogP contribution in [0.2, 0.25) is 0 Å². The average molecular weight is 284 g/mol. The number of piperidine rings is 1. The van der Waals surface area contributed by atoms with Crippen LogP contribution >= 0.6 is 0 Å². The fourth-order valence-corrected chi connectivity index (χ4v) is 3.16. The third-order valence-corrected chi connectivity index (χ3v) is 4.37. The summed E-state index contributed by atoms with van der Waals surface area (Å²) in [5, 5.41) is 17.9. The normalized spacial score (nSPS) is 26.9. The maximum Gasteiger partial charge on any atom is 0.320 e. The lowest BCUT2D eigenvalue weighted by atomic mass is 9.93. The minimum atomic E-state index is -0.765. The molecule has 2 amide bonds. The fourth-order valence-electron chi connectivity index (χ4n) is 3.16. The lowest BCUT2D eigenvalue weighted by molar-refractivity contribution is -0.137. The van der Waals surface area contributed by atoms with Crippen LogP contribution in [0.4, 0.5) is 4.79 Å². The summed E-state index contributed by atoms with van der Waals surface area (Å²) in [6, 6.07) is 0.0565. The lowest BCUT2D eigenvalue weighted by Gasteiger charge is -2.35. The molecule has 0 aromatic rings. The van der Waals surface area contributed by atoms with E-state index in [2.05, 4.69) is 0 Å². The number of hydrogen-bond acceptors (Lipinski definition) is 3. The standard InChI is InChI=1S/C14H24N2O4/c17-10-12-5-7-16(9-12)14(20)15-6-1-2-11(8-15)3-4-13(18)19/h11-12,17H,1-10H2,(H,18,19). The molecule has 6 nitrogen and oxygen atoms in total. The van der Waals surface area contributed by atoms with Crippen LogP contribution in [0.1, 0.15) is 32.1 Å². The van der Waals surface area contributed by atoms with Crippen molar-refractivity contribution in [3.05, 3.63) is 0 Å². The molecule has 0 spiro atoms. The van der Waals surface area contributed by atoms with E-state index in [0.29, 0.717) is 25.4 Å². The van der Waals surface area contributed by atoms with Gasteiger partial charge in [-0.25, -0.2) is 4.79 Å². The van der Waals surface area contributed by atoms with Crippen molar-refractivity contribution in [3.8, 4) is 0 Å². The zero-order chi connectivity index (χ0) is 14.5. The van der Waals surface area contributed by atoms with E-state index in [1.807, 2.05) is 9.80 Å². The second kappa shape index (κ2) is 6.92. The summed E-state index contributed by atoms with van der Waals surface area (Å²) in [5.41, 5.74) is 0. The van der Waals surface area contributed by atoms with Crippen molar-refractivity contribution >= 4 is 12.0 Å². The van der Waals surface area contributed by atoms with Crippen molar-refractivity contribution in [2.45, 2.75) is 32.1 Å². The first-order valence-corrected chi connectivity index (χ1v) is 7.46. The van der Waals surface area contributed by atoms with Crippen molar-refractivity contribution < 1.29 is 19.8 Å². The van der Waals surface area contributed by atoms with E-state index in [9.17, 15) is 9.59 Å². The van der Waals surface area contributed by atoms with Gasteiger partial charge in [-0.3, -0.25) is 4.79 Å². The molecule has 2 heterocycles. The summed E-state index contributed by atoms with van der Waals surface area (Å²) in [6.07, 6.45) is 3.67. The van der Waals surface area contributed by atoms with Crippen LogP contribution in [0, 0.1) is 11.8 Å². The first kappa shape index (κ1) is 15.1. The molecule has 2 atom stereocenters. The van der Waals surface area contributed by atoms with E-state index in [1.54, 1.807) is 0 Å². The number of aliphatic carboxylic acids is 1. The van der Waals surface area contributed by atoms with Crippen molar-refractivity contribution in [1.82, 2.24) is 9.80 Å². The van der Waals surface area contributed by atoms with E-state index in [-0.39, 0.29) is 25.0 Å². The number of likely N-dealkylation sites (tertiary alicyclic amines) is 2. The Morgan fingerprint density at radius 3 is 2.40 bits per heavy atom. The summed E-state index contributed by atoms with van der Waals surface area (Å²) in [4.78, 5) is 26.7. The van der Waals surface area contributed by atoms with Gasteiger partial charge in [0.15, 0.2) is 0 Å². The maximum absolute atomic E-state index is 12.4. The molecule has 2 saturated heterocycles. The molecule has 0 bridgehead atoms. The predicted octanol–water partition coefficient (Wildman–Crippen LogP) is 0.997. The summed E-state index contributed by atoms with van der Waals surface area (Å²) in [7, 11) is 0.